The predicted molar refractivity (Wildman–Crippen MR) is 170 cm³/mol. The molecule has 5 rings (SSSR count). The third-order valence-electron chi connectivity index (χ3n) is 6.74. The molecule has 0 bridgehead atoms. The van der Waals surface area contributed by atoms with Crippen LogP contribution in [0.25, 0.3) is 17.1 Å². The van der Waals surface area contributed by atoms with Crippen LogP contribution in [0.5, 0.6) is 5.75 Å². The molecule has 1 aliphatic rings. The van der Waals surface area contributed by atoms with Crippen molar-refractivity contribution in [1.82, 2.24) is 20.1 Å². The number of aliphatic imine (C=N–C) groups is 1. The fraction of sp³-hybridized carbons (Fsp3) is 0.258. The van der Waals surface area contributed by atoms with E-state index >= 15 is 0 Å². The standard InChI is InChI=1S/C31H29F3N6O2S2/c1-19(2)25-13-4-20(3)16-26(25)40-27(41)17-44-30(40)37-29(43)35-15-14-21-5-7-22(8-6-21)28-36-18-39(38-28)23-9-11-24(12-10-23)42-31(32,33)34/h4-13,16,18-19H,14-15,17H2,1-3H3,(H,35,43). The van der Waals surface area contributed by atoms with Crippen molar-refractivity contribution in [3.63, 3.8) is 0 Å². The molecule has 1 fully saturated rings. The normalized spacial score (nSPS) is 14.5. The number of rotatable bonds is 8. The summed E-state index contributed by atoms with van der Waals surface area (Å²) in [5, 5.41) is 8.50. The van der Waals surface area contributed by atoms with Crippen LogP contribution >= 0.6 is 24.0 Å². The first-order valence-corrected chi connectivity index (χ1v) is 15.2. The first kappa shape index (κ1) is 31.2. The number of alkyl halides is 3. The van der Waals surface area contributed by atoms with Gasteiger partial charge in [0.25, 0.3) is 0 Å². The van der Waals surface area contributed by atoms with Gasteiger partial charge in [0.1, 0.15) is 12.1 Å². The Kier molecular flexibility index (Phi) is 9.35. The first-order chi connectivity index (χ1) is 21.0. The zero-order valence-electron chi connectivity index (χ0n) is 24.1. The molecule has 1 saturated heterocycles. The highest BCUT2D eigenvalue weighted by Gasteiger charge is 2.32. The highest BCUT2D eigenvalue weighted by atomic mass is 32.2. The molecule has 0 saturated carbocycles. The fourth-order valence-electron chi connectivity index (χ4n) is 4.60. The Balaban J connectivity index is 1.17. The summed E-state index contributed by atoms with van der Waals surface area (Å²) in [4.78, 5) is 23.4. The van der Waals surface area contributed by atoms with Crippen LogP contribution in [0, 0.1) is 6.92 Å². The Morgan fingerprint density at radius 1 is 1.11 bits per heavy atom. The minimum atomic E-state index is -4.75. The average molecular weight is 639 g/mol. The topological polar surface area (TPSA) is 84.6 Å². The molecule has 1 amide bonds. The number of nitrogens with zero attached hydrogens (tertiary/aromatic N) is 5. The summed E-state index contributed by atoms with van der Waals surface area (Å²) in [7, 11) is 0. The van der Waals surface area contributed by atoms with Gasteiger partial charge in [-0.3, -0.25) is 9.69 Å². The molecule has 228 valence electrons. The van der Waals surface area contributed by atoms with E-state index in [9.17, 15) is 18.0 Å². The molecule has 0 aliphatic carbocycles. The number of amides is 1. The number of hydrogen-bond donors (Lipinski definition) is 1. The second-order valence-electron chi connectivity index (χ2n) is 10.4. The highest BCUT2D eigenvalue weighted by Crippen LogP contribution is 2.34. The van der Waals surface area contributed by atoms with E-state index < -0.39 is 6.36 Å². The predicted octanol–water partition coefficient (Wildman–Crippen LogP) is 6.82. The molecular formula is C31H29F3N6O2S2. The molecule has 13 heteroatoms. The molecule has 0 unspecified atom stereocenters. The zero-order valence-corrected chi connectivity index (χ0v) is 25.8. The molecule has 3 aromatic carbocycles. The molecule has 1 aromatic heterocycles. The van der Waals surface area contributed by atoms with Gasteiger partial charge in [-0.05, 0) is 78.5 Å². The zero-order chi connectivity index (χ0) is 31.4. The molecule has 1 N–H and O–H groups in total. The minimum Gasteiger partial charge on any atom is -0.406 e. The van der Waals surface area contributed by atoms with E-state index in [4.69, 9.17) is 12.2 Å². The van der Waals surface area contributed by atoms with Gasteiger partial charge in [0.05, 0.1) is 17.1 Å². The molecule has 1 aliphatic heterocycles. The van der Waals surface area contributed by atoms with E-state index in [1.807, 2.05) is 43.3 Å². The van der Waals surface area contributed by atoms with Gasteiger partial charge in [0.15, 0.2) is 16.1 Å². The maximum absolute atomic E-state index is 12.8. The van der Waals surface area contributed by atoms with Gasteiger partial charge in [-0.2, -0.15) is 4.99 Å². The van der Waals surface area contributed by atoms with Gasteiger partial charge in [-0.1, -0.05) is 62.0 Å². The summed E-state index contributed by atoms with van der Waals surface area (Å²) in [6.07, 6.45) is -2.57. The van der Waals surface area contributed by atoms with Crippen molar-refractivity contribution in [2.45, 2.75) is 39.5 Å². The van der Waals surface area contributed by atoms with E-state index in [0.29, 0.717) is 40.5 Å². The van der Waals surface area contributed by atoms with Crippen LogP contribution in [-0.2, 0) is 11.2 Å². The van der Waals surface area contributed by atoms with Gasteiger partial charge in [0, 0.05) is 12.1 Å². The van der Waals surface area contributed by atoms with Gasteiger partial charge >= 0.3 is 6.36 Å². The average Bonchev–Trinajstić information content (AvgIpc) is 3.60. The molecule has 0 spiro atoms. The Bertz CT molecular complexity index is 1690. The number of carbonyl (C=O) groups is 1. The van der Waals surface area contributed by atoms with Gasteiger partial charge < -0.3 is 10.1 Å². The molecule has 2 heterocycles. The maximum atomic E-state index is 12.8. The van der Waals surface area contributed by atoms with E-state index in [1.54, 1.807) is 4.90 Å². The van der Waals surface area contributed by atoms with Crippen LogP contribution in [0.15, 0.2) is 78.0 Å². The number of thiocarbonyl (C=S) groups is 1. The summed E-state index contributed by atoms with van der Waals surface area (Å²) in [6.45, 7) is 6.76. The number of benzene rings is 3. The first-order valence-electron chi connectivity index (χ1n) is 13.8. The lowest BCUT2D eigenvalue weighted by molar-refractivity contribution is -0.274. The van der Waals surface area contributed by atoms with Crippen molar-refractivity contribution in [2.24, 2.45) is 4.99 Å². The van der Waals surface area contributed by atoms with Crippen molar-refractivity contribution >= 4 is 45.9 Å². The number of amidine groups is 1. The summed E-state index contributed by atoms with van der Waals surface area (Å²) in [5.41, 5.74) is 5.39. The van der Waals surface area contributed by atoms with Crippen molar-refractivity contribution in [1.29, 1.82) is 0 Å². The van der Waals surface area contributed by atoms with Crippen LogP contribution in [0.3, 0.4) is 0 Å². The lowest BCUT2D eigenvalue weighted by Gasteiger charge is -2.22. The number of ether oxygens (including phenoxy) is 1. The number of hydrogen-bond acceptors (Lipinski definition) is 6. The second kappa shape index (κ2) is 13.2. The van der Waals surface area contributed by atoms with E-state index in [1.165, 1.54) is 47.0 Å². The van der Waals surface area contributed by atoms with Crippen molar-refractivity contribution < 1.29 is 22.7 Å². The number of carbonyl (C=O) groups excluding carboxylic acids is 1. The van der Waals surface area contributed by atoms with Crippen molar-refractivity contribution in [2.75, 3.05) is 17.2 Å². The quantitative estimate of drug-likeness (QED) is 0.212. The third-order valence-corrected chi connectivity index (χ3v) is 7.90. The minimum absolute atomic E-state index is 0.0168. The summed E-state index contributed by atoms with van der Waals surface area (Å²) in [6, 6.07) is 19.2. The van der Waals surface area contributed by atoms with E-state index in [2.05, 4.69) is 45.0 Å². The second-order valence-corrected chi connectivity index (χ2v) is 11.7. The Hall–Kier alpha value is -4.23. The molecule has 0 atom stereocenters. The van der Waals surface area contributed by atoms with Crippen LogP contribution < -0.4 is 15.0 Å². The van der Waals surface area contributed by atoms with Crippen molar-refractivity contribution in [3.8, 4) is 22.8 Å². The Labute approximate surface area is 262 Å². The van der Waals surface area contributed by atoms with Gasteiger partial charge in [0.2, 0.25) is 5.91 Å². The number of anilines is 1. The molecule has 44 heavy (non-hydrogen) atoms. The van der Waals surface area contributed by atoms with E-state index in [0.717, 1.165) is 27.9 Å². The van der Waals surface area contributed by atoms with Crippen LogP contribution in [-0.4, -0.2) is 49.6 Å². The lowest BCUT2D eigenvalue weighted by atomic mass is 9.99. The van der Waals surface area contributed by atoms with Crippen LogP contribution in [0.1, 0.15) is 36.5 Å². The molecule has 4 aromatic rings. The summed E-state index contributed by atoms with van der Waals surface area (Å²) >= 11 is 6.87. The third kappa shape index (κ3) is 7.64. The molecular weight excluding hydrogens is 610 g/mol. The van der Waals surface area contributed by atoms with Crippen LogP contribution in [0.2, 0.25) is 0 Å². The summed E-state index contributed by atoms with van der Waals surface area (Å²) in [5.74, 6) is 0.712. The highest BCUT2D eigenvalue weighted by molar-refractivity contribution is 8.15. The van der Waals surface area contributed by atoms with Gasteiger partial charge in [-0.15, -0.1) is 18.3 Å². The van der Waals surface area contributed by atoms with Crippen LogP contribution in [0.4, 0.5) is 18.9 Å². The molecule has 8 nitrogen and oxygen atoms in total. The smallest absolute Gasteiger partial charge is 0.406 e. The van der Waals surface area contributed by atoms with Crippen molar-refractivity contribution in [3.05, 3.63) is 89.7 Å². The lowest BCUT2D eigenvalue weighted by Crippen LogP contribution is -2.32. The SMILES string of the molecule is Cc1ccc(C(C)C)c(N2C(=O)CSC2=NC(=S)NCCc2ccc(-c3ncn(-c4ccc(OC(F)(F)F)cc4)n3)cc2)c1. The largest absolute Gasteiger partial charge is 0.573 e. The monoisotopic (exact) mass is 638 g/mol. The Morgan fingerprint density at radius 2 is 1.84 bits per heavy atom. The number of aromatic nitrogens is 3. The number of aryl methyl sites for hydroxylation is 1. The number of thioether (sulfide) groups is 1. The van der Waals surface area contributed by atoms with E-state index in [-0.39, 0.29) is 17.6 Å². The Morgan fingerprint density at radius 3 is 2.52 bits per heavy atom. The molecule has 0 radical (unpaired) electrons. The summed E-state index contributed by atoms with van der Waals surface area (Å²) < 4.78 is 42.6. The number of nitrogens with one attached hydrogen (secondary N) is 1. The number of halogens is 3. The fourth-order valence-corrected chi connectivity index (χ4v) is 5.71. The maximum Gasteiger partial charge on any atom is 0.573 e. The van der Waals surface area contributed by atoms with Gasteiger partial charge in [-0.25, -0.2) is 9.67 Å².